The van der Waals surface area contributed by atoms with Gasteiger partial charge >= 0.3 is 0 Å². The minimum Gasteiger partial charge on any atom is -0.454 e. The van der Waals surface area contributed by atoms with Crippen LogP contribution in [0.5, 0.6) is 11.5 Å². The van der Waals surface area contributed by atoms with Crippen LogP contribution in [0.2, 0.25) is 0 Å². The molecule has 3 nitrogen and oxygen atoms in total. The second kappa shape index (κ2) is 5.41. The van der Waals surface area contributed by atoms with E-state index in [-0.39, 0.29) is 0 Å². The van der Waals surface area contributed by atoms with Gasteiger partial charge in [-0.05, 0) is 48.1 Å². The van der Waals surface area contributed by atoms with Crippen molar-refractivity contribution < 1.29 is 9.47 Å². The Labute approximate surface area is 124 Å². The van der Waals surface area contributed by atoms with Gasteiger partial charge in [-0.25, -0.2) is 0 Å². The Balaban J connectivity index is 1.48. The summed E-state index contributed by atoms with van der Waals surface area (Å²) in [6.45, 7) is 1.19. The molecule has 21 heavy (non-hydrogen) atoms. The number of ether oxygens (including phenoxy) is 2. The van der Waals surface area contributed by atoms with Crippen LogP contribution in [-0.4, -0.2) is 6.79 Å². The maximum absolute atomic E-state index is 5.44. The van der Waals surface area contributed by atoms with Crippen LogP contribution in [0, 0.1) is 0 Å². The summed E-state index contributed by atoms with van der Waals surface area (Å²) in [5, 5.41) is 3.69. The number of nitrogens with one attached hydrogen (secondary N) is 1. The van der Waals surface area contributed by atoms with Gasteiger partial charge in [0.15, 0.2) is 11.5 Å². The molecule has 1 aliphatic heterocycles. The minimum absolute atomic E-state index is 0.336. The van der Waals surface area contributed by atoms with Crippen molar-refractivity contribution in [2.24, 2.45) is 0 Å². The van der Waals surface area contributed by atoms with Crippen LogP contribution in [0.1, 0.15) is 35.6 Å². The zero-order valence-electron chi connectivity index (χ0n) is 12.0. The van der Waals surface area contributed by atoms with E-state index in [1.165, 1.54) is 36.0 Å². The van der Waals surface area contributed by atoms with Crippen molar-refractivity contribution in [2.45, 2.75) is 31.8 Å². The molecule has 0 bridgehead atoms. The average Bonchev–Trinajstić information content (AvgIpc) is 3.00. The third-order valence-electron chi connectivity index (χ3n) is 4.36. The van der Waals surface area contributed by atoms with Gasteiger partial charge in [-0.3, -0.25) is 0 Å². The van der Waals surface area contributed by atoms with E-state index in [1.54, 1.807) is 0 Å². The first-order chi connectivity index (χ1) is 10.4. The van der Waals surface area contributed by atoms with Crippen molar-refractivity contribution in [3.63, 3.8) is 0 Å². The fourth-order valence-electron chi connectivity index (χ4n) is 3.26. The van der Waals surface area contributed by atoms with Crippen molar-refractivity contribution in [2.75, 3.05) is 6.79 Å². The van der Waals surface area contributed by atoms with Crippen molar-refractivity contribution in [1.29, 1.82) is 0 Å². The summed E-state index contributed by atoms with van der Waals surface area (Å²) in [6.07, 6.45) is 3.68. The van der Waals surface area contributed by atoms with E-state index in [1.807, 2.05) is 6.07 Å². The number of aryl methyl sites for hydroxylation is 1. The summed E-state index contributed by atoms with van der Waals surface area (Å²) >= 11 is 0. The molecule has 1 unspecified atom stereocenters. The van der Waals surface area contributed by atoms with Crippen LogP contribution in [0.4, 0.5) is 0 Å². The highest BCUT2D eigenvalue weighted by atomic mass is 16.7. The maximum Gasteiger partial charge on any atom is 0.231 e. The highest BCUT2D eigenvalue weighted by Gasteiger charge is 2.19. The van der Waals surface area contributed by atoms with Gasteiger partial charge in [0.1, 0.15) is 0 Å². The minimum atomic E-state index is 0.336. The fraction of sp³-hybridized carbons (Fsp3) is 0.333. The normalized spacial score (nSPS) is 19.3. The summed E-state index contributed by atoms with van der Waals surface area (Å²) in [6, 6.07) is 15.4. The molecule has 108 valence electrons. The first-order valence-corrected chi connectivity index (χ1v) is 7.60. The molecule has 3 heteroatoms. The summed E-state index contributed by atoms with van der Waals surface area (Å²) in [5.74, 6) is 1.71. The third kappa shape index (κ3) is 2.49. The molecule has 0 fully saturated rings. The van der Waals surface area contributed by atoms with Crippen LogP contribution < -0.4 is 14.8 Å². The van der Waals surface area contributed by atoms with Crippen molar-refractivity contribution in [3.8, 4) is 11.5 Å². The molecule has 1 heterocycles. The molecule has 1 atom stereocenters. The molecule has 2 aromatic rings. The van der Waals surface area contributed by atoms with Gasteiger partial charge < -0.3 is 14.8 Å². The van der Waals surface area contributed by atoms with Gasteiger partial charge in [-0.15, -0.1) is 0 Å². The lowest BCUT2D eigenvalue weighted by molar-refractivity contribution is 0.174. The van der Waals surface area contributed by atoms with Crippen molar-refractivity contribution >= 4 is 0 Å². The van der Waals surface area contributed by atoms with Gasteiger partial charge in [0.05, 0.1) is 0 Å². The summed E-state index contributed by atoms with van der Waals surface area (Å²) in [5.41, 5.74) is 4.19. The van der Waals surface area contributed by atoms with Gasteiger partial charge in [-0.2, -0.15) is 0 Å². The summed E-state index contributed by atoms with van der Waals surface area (Å²) in [4.78, 5) is 0. The lowest BCUT2D eigenvalue weighted by Gasteiger charge is -2.26. The van der Waals surface area contributed by atoms with Crippen molar-refractivity contribution in [3.05, 3.63) is 59.2 Å². The molecule has 0 saturated heterocycles. The van der Waals surface area contributed by atoms with Gasteiger partial charge in [0.2, 0.25) is 6.79 Å². The first-order valence-electron chi connectivity index (χ1n) is 7.60. The van der Waals surface area contributed by atoms with E-state index in [4.69, 9.17) is 9.47 Å². The molecular formula is C18H19NO2. The Morgan fingerprint density at radius 2 is 1.95 bits per heavy atom. The number of hydrogen-bond donors (Lipinski definition) is 1. The Morgan fingerprint density at radius 3 is 2.95 bits per heavy atom. The summed E-state index contributed by atoms with van der Waals surface area (Å²) < 4.78 is 10.8. The van der Waals surface area contributed by atoms with E-state index in [9.17, 15) is 0 Å². The van der Waals surface area contributed by atoms with Gasteiger partial charge in [-0.1, -0.05) is 30.3 Å². The monoisotopic (exact) mass is 281 g/mol. The largest absolute Gasteiger partial charge is 0.454 e. The number of hydrogen-bond acceptors (Lipinski definition) is 3. The van der Waals surface area contributed by atoms with Crippen LogP contribution in [0.3, 0.4) is 0 Å². The van der Waals surface area contributed by atoms with Crippen molar-refractivity contribution in [1.82, 2.24) is 5.32 Å². The molecule has 0 radical (unpaired) electrons. The Kier molecular flexibility index (Phi) is 3.28. The Hall–Kier alpha value is -2.00. The highest BCUT2D eigenvalue weighted by Crippen LogP contribution is 2.33. The van der Waals surface area contributed by atoms with Crippen LogP contribution in [0.15, 0.2) is 42.5 Å². The standard InChI is InChI=1S/C18H19NO2/c1-2-6-15-14(4-1)5-3-7-16(15)19-11-13-8-9-17-18(10-13)21-12-20-17/h1-2,4,6,8-10,16,19H,3,5,7,11-12H2. The van der Waals surface area contributed by atoms with E-state index in [2.05, 4.69) is 41.7 Å². The molecule has 0 spiro atoms. The number of rotatable bonds is 3. The lowest BCUT2D eigenvalue weighted by atomic mass is 9.87. The van der Waals surface area contributed by atoms with Gasteiger partial charge in [0.25, 0.3) is 0 Å². The highest BCUT2D eigenvalue weighted by molar-refractivity contribution is 5.44. The Morgan fingerprint density at radius 1 is 1.05 bits per heavy atom. The molecule has 0 aromatic heterocycles. The summed E-state index contributed by atoms with van der Waals surface area (Å²) in [7, 11) is 0. The average molecular weight is 281 g/mol. The van der Waals surface area contributed by atoms with Crippen LogP contribution in [-0.2, 0) is 13.0 Å². The van der Waals surface area contributed by atoms with E-state index in [0.717, 1.165) is 18.0 Å². The predicted molar refractivity (Wildman–Crippen MR) is 81.5 cm³/mol. The zero-order chi connectivity index (χ0) is 14.1. The second-order valence-electron chi connectivity index (χ2n) is 5.71. The van der Waals surface area contributed by atoms with Crippen LogP contribution >= 0.6 is 0 Å². The maximum atomic E-state index is 5.44. The molecular weight excluding hydrogens is 262 g/mol. The smallest absolute Gasteiger partial charge is 0.231 e. The zero-order valence-corrected chi connectivity index (χ0v) is 12.0. The molecule has 0 saturated carbocycles. The lowest BCUT2D eigenvalue weighted by Crippen LogP contribution is -2.24. The first kappa shape index (κ1) is 12.7. The number of fused-ring (bicyclic) bond motifs is 2. The predicted octanol–water partition coefficient (Wildman–Crippen LogP) is 3.58. The molecule has 1 aliphatic carbocycles. The third-order valence-corrected chi connectivity index (χ3v) is 4.36. The fourth-order valence-corrected chi connectivity index (χ4v) is 3.26. The molecule has 2 aliphatic rings. The molecule has 4 rings (SSSR count). The van der Waals surface area contributed by atoms with E-state index < -0.39 is 0 Å². The topological polar surface area (TPSA) is 30.5 Å². The second-order valence-corrected chi connectivity index (χ2v) is 5.71. The molecule has 0 amide bonds. The van der Waals surface area contributed by atoms with Crippen LogP contribution in [0.25, 0.3) is 0 Å². The molecule has 2 aromatic carbocycles. The Bertz CT molecular complexity index is 653. The quantitative estimate of drug-likeness (QED) is 0.932. The number of benzene rings is 2. The van der Waals surface area contributed by atoms with Gasteiger partial charge in [0, 0.05) is 12.6 Å². The molecule has 1 N–H and O–H groups in total. The van der Waals surface area contributed by atoms with E-state index in [0.29, 0.717) is 12.8 Å². The van der Waals surface area contributed by atoms with E-state index >= 15 is 0 Å². The SMILES string of the molecule is c1ccc2c(c1)CCCC2NCc1ccc2c(c1)OCO2.